The topological polar surface area (TPSA) is 109 Å². The van der Waals surface area contributed by atoms with E-state index in [0.717, 1.165) is 5.56 Å². The molecule has 8 nitrogen and oxygen atoms in total. The number of ether oxygens (including phenoxy) is 1. The van der Waals surface area contributed by atoms with Crippen molar-refractivity contribution in [3.63, 3.8) is 0 Å². The largest absolute Gasteiger partial charge is 0.497 e. The van der Waals surface area contributed by atoms with Gasteiger partial charge in [-0.05, 0) is 61.9 Å². The number of methoxy groups -OCH3 is 1. The summed E-state index contributed by atoms with van der Waals surface area (Å²) in [5.74, 6) is 0.592. The smallest absolute Gasteiger partial charge is 0.224 e. The van der Waals surface area contributed by atoms with Crippen LogP contribution in [0.25, 0.3) is 5.69 Å². The molecule has 9 heteroatoms. The Kier molecular flexibility index (Phi) is 8.41. The second-order valence-corrected chi connectivity index (χ2v) is 9.01. The van der Waals surface area contributed by atoms with E-state index in [1.807, 2.05) is 19.1 Å². The number of ketones is 1. The Morgan fingerprint density at radius 3 is 2.34 bits per heavy atom. The summed E-state index contributed by atoms with van der Waals surface area (Å²) in [6.07, 6.45) is 0.741. The van der Waals surface area contributed by atoms with E-state index < -0.39 is 0 Å². The Balaban J connectivity index is 1.52. The average Bonchev–Trinajstić information content (AvgIpc) is 3.30. The molecule has 0 unspecified atom stereocenters. The first-order chi connectivity index (χ1) is 18.4. The molecular formula is C29H26ClN5O3. The SMILES string of the molecule is COc1ccc(NC(=O)CCCNc2c(C#N)c(C(=O)c3ccc(C)cc3)nn2-c2ccc(Cl)cc2)cc1. The van der Waals surface area contributed by atoms with Crippen molar-refractivity contribution < 1.29 is 14.3 Å². The van der Waals surface area contributed by atoms with Crippen LogP contribution in [0.3, 0.4) is 0 Å². The van der Waals surface area contributed by atoms with Gasteiger partial charge in [-0.25, -0.2) is 4.68 Å². The maximum absolute atomic E-state index is 13.3. The van der Waals surface area contributed by atoms with Crippen molar-refractivity contribution in [3.05, 3.63) is 100 Å². The molecule has 0 radical (unpaired) electrons. The zero-order chi connectivity index (χ0) is 27.1. The van der Waals surface area contributed by atoms with Gasteiger partial charge >= 0.3 is 0 Å². The number of benzene rings is 3. The highest BCUT2D eigenvalue weighted by Gasteiger charge is 2.25. The second-order valence-electron chi connectivity index (χ2n) is 8.57. The lowest BCUT2D eigenvalue weighted by atomic mass is 10.0. The Labute approximate surface area is 225 Å². The summed E-state index contributed by atoms with van der Waals surface area (Å²) >= 11 is 6.06. The van der Waals surface area contributed by atoms with Crippen molar-refractivity contribution in [1.29, 1.82) is 5.26 Å². The fourth-order valence-corrected chi connectivity index (χ4v) is 3.94. The summed E-state index contributed by atoms with van der Waals surface area (Å²) in [4.78, 5) is 25.7. The first-order valence-corrected chi connectivity index (χ1v) is 12.4. The minimum atomic E-state index is -0.351. The molecule has 0 fully saturated rings. The van der Waals surface area contributed by atoms with Crippen molar-refractivity contribution >= 4 is 34.8 Å². The number of aryl methyl sites for hydroxylation is 1. The number of hydrogen-bond donors (Lipinski definition) is 2. The van der Waals surface area contributed by atoms with Gasteiger partial charge in [0.25, 0.3) is 0 Å². The lowest BCUT2D eigenvalue weighted by molar-refractivity contribution is -0.116. The maximum atomic E-state index is 13.3. The number of anilines is 2. The minimum Gasteiger partial charge on any atom is -0.497 e. The zero-order valence-corrected chi connectivity index (χ0v) is 21.7. The minimum absolute atomic E-state index is 0.0473. The number of rotatable bonds is 10. The van der Waals surface area contributed by atoms with Gasteiger partial charge < -0.3 is 15.4 Å². The average molecular weight is 528 g/mol. The van der Waals surface area contributed by atoms with E-state index >= 15 is 0 Å². The van der Waals surface area contributed by atoms with Gasteiger partial charge in [-0.1, -0.05) is 41.4 Å². The highest BCUT2D eigenvalue weighted by molar-refractivity contribution is 6.30. The Bertz CT molecular complexity index is 1470. The third kappa shape index (κ3) is 6.20. The summed E-state index contributed by atoms with van der Waals surface area (Å²) < 4.78 is 6.65. The monoisotopic (exact) mass is 527 g/mol. The van der Waals surface area contributed by atoms with Gasteiger partial charge in [-0.15, -0.1) is 0 Å². The number of nitrogens with zero attached hydrogens (tertiary/aromatic N) is 3. The van der Waals surface area contributed by atoms with Crippen LogP contribution in [0.5, 0.6) is 5.75 Å². The molecule has 1 aromatic heterocycles. The van der Waals surface area contributed by atoms with Crippen molar-refractivity contribution in [1.82, 2.24) is 9.78 Å². The van der Waals surface area contributed by atoms with Gasteiger partial charge in [0.15, 0.2) is 5.69 Å². The molecule has 0 aliphatic rings. The van der Waals surface area contributed by atoms with Gasteiger partial charge in [-0.2, -0.15) is 10.4 Å². The molecule has 1 amide bonds. The Morgan fingerprint density at radius 1 is 1.03 bits per heavy atom. The van der Waals surface area contributed by atoms with Crippen molar-refractivity contribution in [2.24, 2.45) is 0 Å². The fourth-order valence-electron chi connectivity index (χ4n) is 3.81. The number of carbonyl (C=O) groups is 2. The molecule has 192 valence electrons. The second kappa shape index (κ2) is 12.1. The predicted octanol–water partition coefficient (Wildman–Crippen LogP) is 5.78. The number of carbonyl (C=O) groups excluding carboxylic acids is 2. The van der Waals surface area contributed by atoms with E-state index in [1.165, 1.54) is 4.68 Å². The zero-order valence-electron chi connectivity index (χ0n) is 21.0. The van der Waals surface area contributed by atoms with E-state index in [0.29, 0.717) is 46.5 Å². The first kappa shape index (κ1) is 26.5. The summed E-state index contributed by atoms with van der Waals surface area (Å²) in [5, 5.41) is 21.1. The van der Waals surface area contributed by atoms with Crippen LogP contribution in [0, 0.1) is 18.3 Å². The summed E-state index contributed by atoms with van der Waals surface area (Å²) in [5.41, 5.74) is 2.95. The third-order valence-electron chi connectivity index (χ3n) is 5.84. The molecule has 2 N–H and O–H groups in total. The summed E-state index contributed by atoms with van der Waals surface area (Å²) in [7, 11) is 1.58. The van der Waals surface area contributed by atoms with Gasteiger partial charge in [0.1, 0.15) is 23.2 Å². The molecule has 4 rings (SSSR count). The van der Waals surface area contributed by atoms with Gasteiger partial charge in [0.2, 0.25) is 11.7 Å². The number of halogens is 1. The molecule has 4 aromatic rings. The van der Waals surface area contributed by atoms with Crippen LogP contribution < -0.4 is 15.4 Å². The highest BCUT2D eigenvalue weighted by atomic mass is 35.5. The Hall–Kier alpha value is -4.61. The van der Waals surface area contributed by atoms with E-state index in [4.69, 9.17) is 16.3 Å². The Morgan fingerprint density at radius 2 is 1.71 bits per heavy atom. The van der Waals surface area contributed by atoms with Crippen LogP contribution in [0.4, 0.5) is 11.5 Å². The van der Waals surface area contributed by atoms with E-state index in [9.17, 15) is 14.9 Å². The van der Waals surface area contributed by atoms with Crippen LogP contribution in [0.15, 0.2) is 72.8 Å². The van der Waals surface area contributed by atoms with Crippen LogP contribution in [0.2, 0.25) is 5.02 Å². The molecule has 0 aliphatic heterocycles. The molecular weight excluding hydrogens is 502 g/mol. The molecule has 38 heavy (non-hydrogen) atoms. The van der Waals surface area contributed by atoms with E-state index in [-0.39, 0.29) is 29.4 Å². The fraction of sp³-hybridized carbons (Fsp3) is 0.172. The molecule has 0 aliphatic carbocycles. The first-order valence-electron chi connectivity index (χ1n) is 12.0. The molecule has 0 saturated carbocycles. The lowest BCUT2D eigenvalue weighted by Crippen LogP contribution is -2.14. The normalized spacial score (nSPS) is 10.5. The third-order valence-corrected chi connectivity index (χ3v) is 6.10. The summed E-state index contributed by atoms with van der Waals surface area (Å²) in [6, 6.07) is 23.3. The molecule has 1 heterocycles. The van der Waals surface area contributed by atoms with Crippen LogP contribution >= 0.6 is 11.6 Å². The van der Waals surface area contributed by atoms with Crippen molar-refractivity contribution in [2.75, 3.05) is 24.3 Å². The molecule has 3 aromatic carbocycles. The lowest BCUT2D eigenvalue weighted by Gasteiger charge is -2.11. The highest BCUT2D eigenvalue weighted by Crippen LogP contribution is 2.26. The van der Waals surface area contributed by atoms with Crippen molar-refractivity contribution in [2.45, 2.75) is 19.8 Å². The standard InChI is InChI=1S/C29H26ClN5O3/c1-19-5-7-20(8-6-19)28(37)27-25(18-31)29(35(34-27)23-13-9-21(30)10-14-23)32-17-3-4-26(36)33-22-11-15-24(38-2)16-12-22/h5-16,32H,3-4,17H2,1-2H3,(H,33,36). The predicted molar refractivity (Wildman–Crippen MR) is 147 cm³/mol. The van der Waals surface area contributed by atoms with Gasteiger partial charge in [0, 0.05) is 29.2 Å². The van der Waals surface area contributed by atoms with Gasteiger partial charge in [0.05, 0.1) is 12.8 Å². The number of hydrogen-bond acceptors (Lipinski definition) is 6. The van der Waals surface area contributed by atoms with E-state index in [1.54, 1.807) is 67.8 Å². The quantitative estimate of drug-likeness (QED) is 0.200. The molecule has 0 bridgehead atoms. The number of aromatic nitrogens is 2. The maximum Gasteiger partial charge on any atom is 0.224 e. The summed E-state index contributed by atoms with van der Waals surface area (Å²) in [6.45, 7) is 2.31. The van der Waals surface area contributed by atoms with Crippen LogP contribution in [-0.4, -0.2) is 35.1 Å². The number of amides is 1. The van der Waals surface area contributed by atoms with E-state index in [2.05, 4.69) is 21.8 Å². The van der Waals surface area contributed by atoms with Gasteiger partial charge in [-0.3, -0.25) is 9.59 Å². The molecule has 0 spiro atoms. The molecule has 0 saturated heterocycles. The van der Waals surface area contributed by atoms with Crippen LogP contribution in [0.1, 0.15) is 40.0 Å². The molecule has 0 atom stereocenters. The number of nitriles is 1. The number of nitrogens with one attached hydrogen (secondary N) is 2. The van der Waals surface area contributed by atoms with Crippen molar-refractivity contribution in [3.8, 4) is 17.5 Å². The van der Waals surface area contributed by atoms with Crippen LogP contribution in [-0.2, 0) is 4.79 Å².